The van der Waals surface area contributed by atoms with Gasteiger partial charge in [-0.3, -0.25) is 4.79 Å². The smallest absolute Gasteiger partial charge is 0.342 e. The Kier molecular flexibility index (Phi) is 3.62. The largest absolute Gasteiger partial charge is 0.374 e. The maximum atomic E-state index is 12.5. The van der Waals surface area contributed by atoms with Crippen molar-refractivity contribution in [3.63, 3.8) is 0 Å². The van der Waals surface area contributed by atoms with E-state index < -0.39 is 5.41 Å². The van der Waals surface area contributed by atoms with E-state index in [1.165, 1.54) is 11.3 Å². The lowest BCUT2D eigenvalue weighted by Crippen LogP contribution is -2.41. The maximum absolute atomic E-state index is 12.5. The lowest BCUT2D eigenvalue weighted by Gasteiger charge is -2.28. The number of likely N-dealkylation sites (tertiary alicyclic amines) is 1. The molecule has 5 nitrogen and oxygen atoms in total. The summed E-state index contributed by atoms with van der Waals surface area (Å²) in [4.78, 5) is 26.1. The summed E-state index contributed by atoms with van der Waals surface area (Å²) in [5.74, 6) is 0.0909. The van der Waals surface area contributed by atoms with Gasteiger partial charge in [-0.2, -0.15) is 0 Å². The fourth-order valence-corrected chi connectivity index (χ4v) is 3.48. The van der Waals surface area contributed by atoms with E-state index in [9.17, 15) is 9.70 Å². The van der Waals surface area contributed by atoms with Crippen LogP contribution >= 0.6 is 11.3 Å². The number of rotatable bonds is 3. The van der Waals surface area contributed by atoms with Crippen LogP contribution in [0, 0.1) is 11.8 Å². The van der Waals surface area contributed by atoms with Crippen LogP contribution in [0.2, 0.25) is 0 Å². The number of carbonyl (C=O) groups excluding carboxylic acids is 1. The molecule has 1 fully saturated rings. The van der Waals surface area contributed by atoms with E-state index in [2.05, 4.69) is 0 Å². The third-order valence-corrected chi connectivity index (χ3v) is 5.13. The highest BCUT2D eigenvalue weighted by Gasteiger charge is 2.38. The first-order valence-electron chi connectivity index (χ1n) is 6.40. The minimum Gasteiger partial charge on any atom is -0.342 e. The van der Waals surface area contributed by atoms with Crippen molar-refractivity contribution in [1.29, 1.82) is 0 Å². The SMILES string of the molecule is Cc1cc(C(C)(C)C(=O)N2CCCC2)sc1[N+](=O)O. The van der Waals surface area contributed by atoms with E-state index in [4.69, 9.17) is 5.21 Å². The molecule has 1 aliphatic heterocycles. The fraction of sp³-hybridized carbons (Fsp3) is 0.615. The third-order valence-electron chi connectivity index (χ3n) is 3.61. The van der Waals surface area contributed by atoms with Gasteiger partial charge >= 0.3 is 5.00 Å². The molecule has 0 bridgehead atoms. The van der Waals surface area contributed by atoms with Crippen LogP contribution in [0.3, 0.4) is 0 Å². The summed E-state index contributed by atoms with van der Waals surface area (Å²) in [6, 6.07) is 1.81. The summed E-state index contributed by atoms with van der Waals surface area (Å²) in [6.45, 7) is 7.12. The lowest BCUT2D eigenvalue weighted by atomic mass is 9.89. The number of hydrogen-bond acceptors (Lipinski definition) is 3. The van der Waals surface area contributed by atoms with E-state index in [-0.39, 0.29) is 15.8 Å². The summed E-state index contributed by atoms with van der Waals surface area (Å²) in [5.41, 5.74) is 0.0356. The number of carbonyl (C=O) groups is 1. The van der Waals surface area contributed by atoms with Gasteiger partial charge < -0.3 is 4.90 Å². The van der Waals surface area contributed by atoms with Gasteiger partial charge in [0.15, 0.2) is 0 Å². The van der Waals surface area contributed by atoms with Gasteiger partial charge in [-0.05, 0) is 39.7 Å². The molecule has 0 saturated carbocycles. The minimum absolute atomic E-state index is 0.0909. The second-order valence-corrected chi connectivity index (χ2v) is 6.53. The monoisotopic (exact) mass is 283 g/mol. The highest BCUT2D eigenvalue weighted by Crippen LogP contribution is 2.38. The van der Waals surface area contributed by atoms with Crippen molar-refractivity contribution in [3.8, 4) is 0 Å². The maximum Gasteiger partial charge on any atom is 0.374 e. The van der Waals surface area contributed by atoms with Gasteiger partial charge in [0.1, 0.15) is 0 Å². The van der Waals surface area contributed by atoms with Crippen LogP contribution in [0.4, 0.5) is 5.00 Å². The third kappa shape index (κ3) is 2.49. The topological polar surface area (TPSA) is 60.6 Å². The molecular formula is C13H19N2O3S+. The summed E-state index contributed by atoms with van der Waals surface area (Å²) >= 11 is 1.18. The van der Waals surface area contributed by atoms with Crippen molar-refractivity contribution < 1.29 is 14.9 Å². The molecule has 19 heavy (non-hydrogen) atoms. The molecule has 0 aromatic carbocycles. The molecule has 1 saturated heterocycles. The normalized spacial score (nSPS) is 15.8. The highest BCUT2D eigenvalue weighted by atomic mass is 32.1. The van der Waals surface area contributed by atoms with Crippen LogP contribution in [0.1, 0.15) is 37.1 Å². The molecule has 0 radical (unpaired) electrons. The van der Waals surface area contributed by atoms with Crippen molar-refractivity contribution in [3.05, 3.63) is 21.4 Å². The Balaban J connectivity index is 2.30. The number of hydrogen-bond donors (Lipinski definition) is 1. The van der Waals surface area contributed by atoms with Crippen molar-refractivity contribution in [1.82, 2.24) is 4.90 Å². The first kappa shape index (κ1) is 14.0. The summed E-state index contributed by atoms with van der Waals surface area (Å²) in [6.07, 6.45) is 2.11. The Morgan fingerprint density at radius 2 is 2.00 bits per heavy atom. The Labute approximate surface area is 116 Å². The molecule has 2 rings (SSSR count). The Hall–Kier alpha value is -1.43. The number of aryl methyl sites for hydroxylation is 1. The number of nitrogens with zero attached hydrogens (tertiary/aromatic N) is 2. The second-order valence-electron chi connectivity index (χ2n) is 5.50. The van der Waals surface area contributed by atoms with E-state index in [1.54, 1.807) is 6.92 Å². The molecule has 1 amide bonds. The van der Waals surface area contributed by atoms with Crippen molar-refractivity contribution in [2.75, 3.05) is 13.1 Å². The zero-order chi connectivity index (χ0) is 14.2. The quantitative estimate of drug-likeness (QED) is 0.868. The van der Waals surface area contributed by atoms with E-state index in [1.807, 2.05) is 24.8 Å². The molecule has 0 aliphatic carbocycles. The lowest BCUT2D eigenvalue weighted by molar-refractivity contribution is -0.727. The average molecular weight is 283 g/mol. The molecule has 0 atom stereocenters. The van der Waals surface area contributed by atoms with Crippen LogP contribution < -0.4 is 0 Å². The van der Waals surface area contributed by atoms with Gasteiger partial charge in [0.05, 0.1) is 10.3 Å². The minimum atomic E-state index is -0.659. The Morgan fingerprint density at radius 3 is 2.47 bits per heavy atom. The van der Waals surface area contributed by atoms with Gasteiger partial charge in [-0.1, -0.05) is 11.3 Å². The molecular weight excluding hydrogens is 264 g/mol. The fourth-order valence-electron chi connectivity index (χ4n) is 2.39. The van der Waals surface area contributed by atoms with E-state index in [0.717, 1.165) is 30.8 Å². The summed E-state index contributed by atoms with van der Waals surface area (Å²) < 4.78 is 0. The molecule has 104 valence electrons. The van der Waals surface area contributed by atoms with Crippen molar-refractivity contribution >= 4 is 22.2 Å². The molecule has 1 N–H and O–H groups in total. The van der Waals surface area contributed by atoms with Crippen LogP contribution in [0.15, 0.2) is 6.07 Å². The summed E-state index contributed by atoms with van der Waals surface area (Å²) in [7, 11) is 0. The summed E-state index contributed by atoms with van der Waals surface area (Å²) in [5, 5.41) is 9.27. The Morgan fingerprint density at radius 1 is 1.42 bits per heavy atom. The van der Waals surface area contributed by atoms with Crippen LogP contribution in [0.25, 0.3) is 0 Å². The predicted molar refractivity (Wildman–Crippen MR) is 73.0 cm³/mol. The molecule has 2 heterocycles. The average Bonchev–Trinajstić information content (AvgIpc) is 2.96. The predicted octanol–water partition coefficient (Wildman–Crippen LogP) is 2.76. The Bertz CT molecular complexity index is 516. The number of amides is 1. The van der Waals surface area contributed by atoms with E-state index >= 15 is 0 Å². The molecule has 1 aliphatic rings. The molecule has 1 aromatic rings. The van der Waals surface area contributed by atoms with Crippen LogP contribution in [-0.2, 0) is 10.2 Å². The van der Waals surface area contributed by atoms with Gasteiger partial charge in [0.2, 0.25) is 5.91 Å². The van der Waals surface area contributed by atoms with Gasteiger partial charge in [0.25, 0.3) is 4.92 Å². The molecule has 1 aromatic heterocycles. The van der Waals surface area contributed by atoms with Crippen molar-refractivity contribution in [2.45, 2.75) is 39.0 Å². The zero-order valence-corrected chi connectivity index (χ0v) is 12.3. The van der Waals surface area contributed by atoms with Gasteiger partial charge in [0, 0.05) is 23.5 Å². The second kappa shape index (κ2) is 4.92. The van der Waals surface area contributed by atoms with E-state index in [0.29, 0.717) is 5.56 Å². The molecule has 0 unspecified atom stereocenters. The van der Waals surface area contributed by atoms with Gasteiger partial charge in [-0.15, -0.1) is 0 Å². The number of thiophene rings is 1. The van der Waals surface area contributed by atoms with Crippen molar-refractivity contribution in [2.24, 2.45) is 0 Å². The van der Waals surface area contributed by atoms with Crippen LogP contribution in [0.5, 0.6) is 0 Å². The van der Waals surface area contributed by atoms with Crippen LogP contribution in [-0.4, -0.2) is 34.0 Å². The highest BCUT2D eigenvalue weighted by molar-refractivity contribution is 7.15. The first-order chi connectivity index (χ1) is 8.84. The molecule has 0 spiro atoms. The zero-order valence-electron chi connectivity index (χ0n) is 11.5. The first-order valence-corrected chi connectivity index (χ1v) is 7.22. The molecule has 6 heteroatoms. The van der Waals surface area contributed by atoms with Gasteiger partial charge in [-0.25, -0.2) is 5.21 Å². The standard InChI is InChI=1S/C13H19N2O3S/c1-9-8-10(19-11(9)15(17)18)13(2,3)12(16)14-6-4-5-7-14/h8H,4-7H2,1-3H3,(H,17,18)/q+1.